The zero-order chi connectivity index (χ0) is 8.04. The molecule has 1 atom stereocenters. The SMILES string of the molecule is CCCCC[Si](C)(Cl)C#N. The molecule has 0 rings (SSSR count). The molecule has 0 saturated carbocycles. The highest BCUT2D eigenvalue weighted by Crippen LogP contribution is 2.17. The molecule has 0 aromatic heterocycles. The Morgan fingerprint density at radius 2 is 2.10 bits per heavy atom. The average molecular weight is 176 g/mol. The summed E-state index contributed by atoms with van der Waals surface area (Å²) in [7, 11) is -1.94. The number of nitrogens with zero attached hydrogens (tertiary/aromatic N) is 1. The first-order chi connectivity index (χ1) is 4.62. The molecule has 0 radical (unpaired) electrons. The summed E-state index contributed by atoms with van der Waals surface area (Å²) in [6, 6.07) is 0.943. The molecule has 0 fully saturated rings. The fourth-order valence-corrected chi connectivity index (χ4v) is 2.19. The number of hydrogen-bond donors (Lipinski definition) is 0. The van der Waals surface area contributed by atoms with Gasteiger partial charge in [0.05, 0.1) is 0 Å². The standard InChI is InChI=1S/C7H14ClNSi/c1-3-4-5-6-10(2,8)7-9/h3-6H2,1-2H3. The van der Waals surface area contributed by atoms with E-state index in [1.807, 2.05) is 6.55 Å². The van der Waals surface area contributed by atoms with Crippen molar-refractivity contribution in [1.29, 1.82) is 5.26 Å². The minimum Gasteiger partial charge on any atom is -0.205 e. The molecule has 0 aliphatic heterocycles. The van der Waals surface area contributed by atoms with Gasteiger partial charge in [-0.15, -0.1) is 11.1 Å². The average Bonchev–Trinajstić information content (AvgIpc) is 1.89. The lowest BCUT2D eigenvalue weighted by Gasteiger charge is -2.07. The van der Waals surface area contributed by atoms with E-state index in [2.05, 4.69) is 12.6 Å². The summed E-state index contributed by atoms with van der Waals surface area (Å²) in [6.07, 6.45) is 3.53. The van der Waals surface area contributed by atoms with Crippen LogP contribution in [0.25, 0.3) is 0 Å². The van der Waals surface area contributed by atoms with Gasteiger partial charge in [0.2, 0.25) is 0 Å². The molecule has 0 saturated heterocycles. The molecule has 3 heteroatoms. The second-order valence-electron chi connectivity index (χ2n) is 2.77. The molecule has 0 aliphatic carbocycles. The number of nitriles is 1. The van der Waals surface area contributed by atoms with Gasteiger partial charge in [-0.1, -0.05) is 26.2 Å². The van der Waals surface area contributed by atoms with E-state index in [0.717, 1.165) is 12.5 Å². The topological polar surface area (TPSA) is 23.8 Å². The van der Waals surface area contributed by atoms with Crippen molar-refractivity contribution in [2.75, 3.05) is 0 Å². The summed E-state index contributed by atoms with van der Waals surface area (Å²) in [4.78, 5) is 0. The molecule has 0 bridgehead atoms. The molecule has 10 heavy (non-hydrogen) atoms. The Morgan fingerprint density at radius 1 is 1.50 bits per heavy atom. The van der Waals surface area contributed by atoms with Crippen LogP contribution >= 0.6 is 11.1 Å². The fraction of sp³-hybridized carbons (Fsp3) is 0.857. The number of hydrogen-bond acceptors (Lipinski definition) is 1. The van der Waals surface area contributed by atoms with Crippen LogP contribution in [0.5, 0.6) is 0 Å². The van der Waals surface area contributed by atoms with Crippen molar-refractivity contribution in [3.05, 3.63) is 0 Å². The predicted molar refractivity (Wildman–Crippen MR) is 47.4 cm³/mol. The molecule has 0 aliphatic rings. The van der Waals surface area contributed by atoms with Gasteiger partial charge in [-0.2, -0.15) is 0 Å². The van der Waals surface area contributed by atoms with Crippen molar-refractivity contribution < 1.29 is 0 Å². The maximum absolute atomic E-state index is 8.57. The van der Waals surface area contributed by atoms with E-state index in [9.17, 15) is 0 Å². The van der Waals surface area contributed by atoms with Gasteiger partial charge in [0, 0.05) is 5.69 Å². The molecule has 1 nitrogen and oxygen atoms in total. The van der Waals surface area contributed by atoms with Crippen molar-refractivity contribution in [2.45, 2.75) is 38.8 Å². The van der Waals surface area contributed by atoms with E-state index in [-0.39, 0.29) is 0 Å². The molecular weight excluding hydrogens is 162 g/mol. The van der Waals surface area contributed by atoms with Crippen molar-refractivity contribution >= 4 is 18.5 Å². The van der Waals surface area contributed by atoms with Gasteiger partial charge in [0.1, 0.15) is 0 Å². The maximum atomic E-state index is 8.57. The monoisotopic (exact) mass is 175 g/mol. The van der Waals surface area contributed by atoms with Crippen molar-refractivity contribution in [3.63, 3.8) is 0 Å². The Morgan fingerprint density at radius 3 is 2.50 bits per heavy atom. The second kappa shape index (κ2) is 4.76. The summed E-state index contributed by atoms with van der Waals surface area (Å²) in [5.41, 5.74) is 2.20. The van der Waals surface area contributed by atoms with Crippen LogP contribution in [0, 0.1) is 11.0 Å². The molecule has 0 heterocycles. The number of unbranched alkanes of at least 4 members (excludes halogenated alkanes) is 2. The first-order valence-electron chi connectivity index (χ1n) is 3.72. The summed E-state index contributed by atoms with van der Waals surface area (Å²) in [5.74, 6) is 0. The minimum absolute atomic E-state index is 0.943. The Hall–Kier alpha value is -0.00312. The summed E-state index contributed by atoms with van der Waals surface area (Å²) in [5, 5.41) is 8.57. The van der Waals surface area contributed by atoms with E-state index in [0.29, 0.717) is 0 Å². The molecule has 0 N–H and O–H groups in total. The van der Waals surface area contributed by atoms with Gasteiger partial charge in [0.25, 0.3) is 7.38 Å². The maximum Gasteiger partial charge on any atom is 0.265 e. The van der Waals surface area contributed by atoms with Crippen LogP contribution in [-0.2, 0) is 0 Å². The van der Waals surface area contributed by atoms with Gasteiger partial charge < -0.3 is 0 Å². The van der Waals surface area contributed by atoms with Gasteiger partial charge in [0.15, 0.2) is 0 Å². The molecule has 58 valence electrons. The van der Waals surface area contributed by atoms with Crippen LogP contribution in [0.3, 0.4) is 0 Å². The summed E-state index contributed by atoms with van der Waals surface area (Å²) < 4.78 is 0. The normalized spacial score (nSPS) is 15.8. The zero-order valence-electron chi connectivity index (χ0n) is 6.65. The van der Waals surface area contributed by atoms with Crippen molar-refractivity contribution in [3.8, 4) is 5.69 Å². The number of rotatable bonds is 4. The first kappa shape index (κ1) is 10.00. The summed E-state index contributed by atoms with van der Waals surface area (Å²) in [6.45, 7) is 4.06. The lowest BCUT2D eigenvalue weighted by molar-refractivity contribution is 0.766. The third-order valence-corrected chi connectivity index (χ3v) is 4.06. The van der Waals surface area contributed by atoms with E-state index >= 15 is 0 Å². The highest BCUT2D eigenvalue weighted by Gasteiger charge is 2.22. The van der Waals surface area contributed by atoms with Gasteiger partial charge in [-0.25, -0.2) is 5.26 Å². The Kier molecular flexibility index (Phi) is 4.76. The fourth-order valence-electron chi connectivity index (χ4n) is 0.763. The van der Waals surface area contributed by atoms with E-state index in [4.69, 9.17) is 16.3 Å². The Labute approximate surface area is 68.7 Å². The first-order valence-corrected chi connectivity index (χ1v) is 7.44. The quantitative estimate of drug-likeness (QED) is 0.366. The highest BCUT2D eigenvalue weighted by atomic mass is 35.6. The lowest BCUT2D eigenvalue weighted by Crippen LogP contribution is -2.18. The molecule has 0 aromatic rings. The Balaban J connectivity index is 3.40. The van der Waals surface area contributed by atoms with Crippen molar-refractivity contribution in [1.82, 2.24) is 0 Å². The third-order valence-electron chi connectivity index (χ3n) is 1.48. The summed E-state index contributed by atoms with van der Waals surface area (Å²) >= 11 is 5.93. The number of halogens is 1. The van der Waals surface area contributed by atoms with E-state index < -0.39 is 7.38 Å². The third kappa shape index (κ3) is 4.84. The van der Waals surface area contributed by atoms with Gasteiger partial charge in [-0.3, -0.25) is 0 Å². The van der Waals surface area contributed by atoms with E-state index in [1.165, 1.54) is 12.8 Å². The van der Waals surface area contributed by atoms with Gasteiger partial charge in [-0.05, 0) is 12.6 Å². The smallest absolute Gasteiger partial charge is 0.205 e. The zero-order valence-corrected chi connectivity index (χ0v) is 8.41. The van der Waals surface area contributed by atoms with Gasteiger partial charge >= 0.3 is 0 Å². The molecule has 0 spiro atoms. The van der Waals surface area contributed by atoms with Crippen molar-refractivity contribution in [2.24, 2.45) is 0 Å². The predicted octanol–water partition coefficient (Wildman–Crippen LogP) is 3.05. The van der Waals surface area contributed by atoms with Crippen LogP contribution in [0.4, 0.5) is 0 Å². The largest absolute Gasteiger partial charge is 0.265 e. The van der Waals surface area contributed by atoms with E-state index in [1.54, 1.807) is 0 Å². The second-order valence-corrected chi connectivity index (χ2v) is 8.39. The van der Waals surface area contributed by atoms with Crippen LogP contribution in [0.2, 0.25) is 12.6 Å². The van der Waals surface area contributed by atoms with Crippen LogP contribution in [0.1, 0.15) is 26.2 Å². The molecular formula is C7H14ClNSi. The minimum atomic E-state index is -1.94. The van der Waals surface area contributed by atoms with Crippen LogP contribution in [-0.4, -0.2) is 7.38 Å². The molecule has 0 amide bonds. The molecule has 1 unspecified atom stereocenters. The Bertz CT molecular complexity index is 128. The van der Waals surface area contributed by atoms with Crippen LogP contribution < -0.4 is 0 Å². The lowest BCUT2D eigenvalue weighted by atomic mass is 10.3. The highest BCUT2D eigenvalue weighted by molar-refractivity contribution is 7.24. The van der Waals surface area contributed by atoms with Crippen LogP contribution in [0.15, 0.2) is 0 Å². The molecule has 0 aromatic carbocycles.